The van der Waals surface area contributed by atoms with Crippen molar-refractivity contribution in [3.05, 3.63) is 200 Å². The van der Waals surface area contributed by atoms with Gasteiger partial charge in [0.2, 0.25) is 0 Å². The lowest BCUT2D eigenvalue weighted by atomic mass is 9.97. The first-order chi connectivity index (χ1) is 26.2. The Kier molecular flexibility index (Phi) is 7.40. The van der Waals surface area contributed by atoms with Gasteiger partial charge in [0, 0.05) is 33.6 Å². The van der Waals surface area contributed by atoms with Crippen LogP contribution >= 0.6 is 0 Å². The maximum atomic E-state index is 6.43. The molecule has 0 fully saturated rings. The van der Waals surface area contributed by atoms with Gasteiger partial charge < -0.3 is 9.32 Å². The second kappa shape index (κ2) is 12.7. The lowest BCUT2D eigenvalue weighted by Gasteiger charge is -2.26. The van der Waals surface area contributed by atoms with Crippen molar-refractivity contribution in [1.29, 1.82) is 0 Å². The first-order valence-corrected chi connectivity index (χ1v) is 18.2. The van der Waals surface area contributed by atoms with Gasteiger partial charge in [0.15, 0.2) is 0 Å². The van der Waals surface area contributed by atoms with Gasteiger partial charge in [-0.05, 0) is 116 Å². The Bertz CT molecular complexity index is 2950. The van der Waals surface area contributed by atoms with E-state index >= 15 is 0 Å². The van der Waals surface area contributed by atoms with Crippen molar-refractivity contribution in [2.45, 2.75) is 6.92 Å². The Labute approximate surface area is 308 Å². The van der Waals surface area contributed by atoms with Crippen LogP contribution in [0, 0.1) is 6.92 Å². The Hall–Kier alpha value is -6.90. The second-order valence-corrected chi connectivity index (χ2v) is 13.8. The van der Waals surface area contributed by atoms with Gasteiger partial charge in [-0.2, -0.15) is 0 Å². The average Bonchev–Trinajstić information content (AvgIpc) is 3.57. The highest BCUT2D eigenvalue weighted by Gasteiger charge is 2.17. The van der Waals surface area contributed by atoms with Crippen LogP contribution in [0.25, 0.3) is 76.9 Å². The van der Waals surface area contributed by atoms with Crippen molar-refractivity contribution in [1.82, 2.24) is 0 Å². The van der Waals surface area contributed by atoms with Crippen LogP contribution in [0.1, 0.15) is 5.56 Å². The molecule has 0 aliphatic heterocycles. The molecule has 0 spiro atoms. The maximum Gasteiger partial charge on any atom is 0.138 e. The summed E-state index contributed by atoms with van der Waals surface area (Å²) >= 11 is 0. The Balaban J connectivity index is 1.05. The summed E-state index contributed by atoms with van der Waals surface area (Å²) in [5.41, 5.74) is 11.1. The lowest BCUT2D eigenvalue weighted by molar-refractivity contribution is 0.629. The molecule has 0 bridgehead atoms. The minimum absolute atomic E-state index is 0.902. The van der Waals surface area contributed by atoms with E-state index in [0.29, 0.717) is 0 Å². The highest BCUT2D eigenvalue weighted by molar-refractivity contribution is 6.08. The Morgan fingerprint density at radius 1 is 0.340 bits per heavy atom. The third-order valence-electron chi connectivity index (χ3n) is 10.6. The SMILES string of the molecule is Cc1c(-c2cccc(N(c3ccc(-c4ccc5ccccc5c4)cc3)c3ccc(-c4ccc5c(ccc6ccccc65)c4)cc3)c2)oc2ccccc12. The van der Waals surface area contributed by atoms with Gasteiger partial charge >= 0.3 is 0 Å². The topological polar surface area (TPSA) is 16.4 Å². The van der Waals surface area contributed by atoms with E-state index in [1.165, 1.54) is 54.6 Å². The van der Waals surface area contributed by atoms with Gasteiger partial charge in [0.05, 0.1) is 0 Å². The molecule has 1 heterocycles. The van der Waals surface area contributed by atoms with Gasteiger partial charge in [-0.25, -0.2) is 0 Å². The normalized spacial score (nSPS) is 11.5. The van der Waals surface area contributed by atoms with E-state index in [1.807, 2.05) is 12.1 Å². The Morgan fingerprint density at radius 2 is 0.887 bits per heavy atom. The Morgan fingerprint density at radius 3 is 1.62 bits per heavy atom. The highest BCUT2D eigenvalue weighted by atomic mass is 16.3. The summed E-state index contributed by atoms with van der Waals surface area (Å²) in [5, 5.41) is 8.72. The molecule has 0 radical (unpaired) electrons. The fourth-order valence-electron chi connectivity index (χ4n) is 7.85. The molecule has 0 amide bonds. The van der Waals surface area contributed by atoms with E-state index in [2.05, 4.69) is 194 Å². The van der Waals surface area contributed by atoms with Crippen LogP contribution in [0.5, 0.6) is 0 Å². The standard InChI is InChI=1S/C51H35NO/c1-34-47-14-6-7-16-50(47)53-51(34)43-12-8-13-46(33-43)52(44-26-21-36(22-27-44)40-19-17-35-9-2-3-11-39(35)31-40)45-28-23-37(24-29-45)41-25-30-49-42(32-41)20-18-38-10-4-5-15-48(38)49/h2-33H,1H3. The number of fused-ring (bicyclic) bond motifs is 5. The number of hydrogen-bond acceptors (Lipinski definition) is 2. The van der Waals surface area contributed by atoms with E-state index in [1.54, 1.807) is 0 Å². The minimum Gasteiger partial charge on any atom is -0.456 e. The molecule has 0 saturated heterocycles. The fraction of sp³-hybridized carbons (Fsp3) is 0.0196. The van der Waals surface area contributed by atoms with Gasteiger partial charge in [-0.3, -0.25) is 0 Å². The molecule has 0 aliphatic carbocycles. The predicted molar refractivity (Wildman–Crippen MR) is 224 cm³/mol. The summed E-state index contributed by atoms with van der Waals surface area (Å²) in [6.45, 7) is 2.14. The van der Waals surface area contributed by atoms with Crippen LogP contribution in [0.2, 0.25) is 0 Å². The number of hydrogen-bond donors (Lipinski definition) is 0. The molecular weight excluding hydrogens is 643 g/mol. The van der Waals surface area contributed by atoms with Crippen molar-refractivity contribution >= 4 is 60.3 Å². The number of benzene rings is 9. The number of furan rings is 1. The average molecular weight is 678 g/mol. The first-order valence-electron chi connectivity index (χ1n) is 18.2. The molecular formula is C51H35NO. The van der Waals surface area contributed by atoms with Crippen LogP contribution in [0.3, 0.4) is 0 Å². The molecule has 2 nitrogen and oxygen atoms in total. The lowest BCUT2D eigenvalue weighted by Crippen LogP contribution is -2.10. The fourth-order valence-corrected chi connectivity index (χ4v) is 7.85. The molecule has 9 aromatic carbocycles. The summed E-state index contributed by atoms with van der Waals surface area (Å²) in [7, 11) is 0. The predicted octanol–water partition coefficient (Wildman–Crippen LogP) is 14.7. The number of anilines is 3. The molecule has 0 aliphatic rings. The zero-order chi connectivity index (χ0) is 35.3. The minimum atomic E-state index is 0.902. The van der Waals surface area contributed by atoms with E-state index < -0.39 is 0 Å². The van der Waals surface area contributed by atoms with Crippen LogP contribution in [0.15, 0.2) is 199 Å². The van der Waals surface area contributed by atoms with Crippen LogP contribution < -0.4 is 4.90 Å². The smallest absolute Gasteiger partial charge is 0.138 e. The zero-order valence-electron chi connectivity index (χ0n) is 29.3. The molecule has 10 aromatic rings. The van der Waals surface area contributed by atoms with E-state index in [-0.39, 0.29) is 0 Å². The van der Waals surface area contributed by atoms with E-state index in [0.717, 1.165) is 44.9 Å². The molecule has 250 valence electrons. The maximum absolute atomic E-state index is 6.43. The summed E-state index contributed by atoms with van der Waals surface area (Å²) in [5.74, 6) is 0.902. The summed E-state index contributed by atoms with van der Waals surface area (Å²) in [6.07, 6.45) is 0. The van der Waals surface area contributed by atoms with Gasteiger partial charge in [-0.15, -0.1) is 0 Å². The number of nitrogens with zero attached hydrogens (tertiary/aromatic N) is 1. The van der Waals surface area contributed by atoms with Crippen LogP contribution in [0.4, 0.5) is 17.1 Å². The molecule has 0 N–H and O–H groups in total. The molecule has 2 heteroatoms. The van der Waals surface area contributed by atoms with Crippen molar-refractivity contribution in [2.75, 3.05) is 4.90 Å². The first kappa shape index (κ1) is 30.9. The summed E-state index contributed by atoms with van der Waals surface area (Å²) in [6, 6.07) is 69.9. The zero-order valence-corrected chi connectivity index (χ0v) is 29.3. The van der Waals surface area contributed by atoms with Crippen molar-refractivity contribution < 1.29 is 4.42 Å². The van der Waals surface area contributed by atoms with Crippen LogP contribution in [-0.4, -0.2) is 0 Å². The second-order valence-electron chi connectivity index (χ2n) is 13.8. The third kappa shape index (κ3) is 5.53. The van der Waals surface area contributed by atoms with Crippen molar-refractivity contribution in [3.63, 3.8) is 0 Å². The van der Waals surface area contributed by atoms with Crippen molar-refractivity contribution in [2.24, 2.45) is 0 Å². The molecule has 0 atom stereocenters. The van der Waals surface area contributed by atoms with Gasteiger partial charge in [0.1, 0.15) is 11.3 Å². The number of rotatable bonds is 6. The summed E-state index contributed by atoms with van der Waals surface area (Å²) < 4.78 is 6.43. The van der Waals surface area contributed by atoms with E-state index in [4.69, 9.17) is 4.42 Å². The van der Waals surface area contributed by atoms with Gasteiger partial charge in [-0.1, -0.05) is 140 Å². The van der Waals surface area contributed by atoms with Crippen molar-refractivity contribution in [3.8, 4) is 33.6 Å². The van der Waals surface area contributed by atoms with Crippen LogP contribution in [-0.2, 0) is 0 Å². The molecule has 10 rings (SSSR count). The molecule has 0 unspecified atom stereocenters. The molecule has 0 saturated carbocycles. The van der Waals surface area contributed by atoms with Gasteiger partial charge in [0.25, 0.3) is 0 Å². The molecule has 53 heavy (non-hydrogen) atoms. The monoisotopic (exact) mass is 677 g/mol. The largest absolute Gasteiger partial charge is 0.456 e. The summed E-state index contributed by atoms with van der Waals surface area (Å²) in [4.78, 5) is 2.34. The number of aryl methyl sites for hydroxylation is 1. The molecule has 1 aromatic heterocycles. The third-order valence-corrected chi connectivity index (χ3v) is 10.6. The highest BCUT2D eigenvalue weighted by Crippen LogP contribution is 2.41. The number of para-hydroxylation sites is 1. The quantitative estimate of drug-likeness (QED) is 0.163. The van der Waals surface area contributed by atoms with E-state index in [9.17, 15) is 0 Å².